The van der Waals surface area contributed by atoms with Crippen LogP contribution in [0.25, 0.3) is 0 Å². The summed E-state index contributed by atoms with van der Waals surface area (Å²) in [6.45, 7) is 10.4. The molecule has 3 nitrogen and oxygen atoms in total. The van der Waals surface area contributed by atoms with Crippen molar-refractivity contribution in [2.24, 2.45) is 11.8 Å². The highest BCUT2D eigenvalue weighted by Gasteiger charge is 2.40. The summed E-state index contributed by atoms with van der Waals surface area (Å²) in [7, 11) is 1.41. The predicted molar refractivity (Wildman–Crippen MR) is 114 cm³/mol. The molecule has 0 aromatic heterocycles. The average Bonchev–Trinajstić information content (AvgIpc) is 2.60. The molecule has 0 amide bonds. The molecule has 0 saturated carbocycles. The van der Waals surface area contributed by atoms with Crippen LogP contribution in [0.4, 0.5) is 0 Å². The highest BCUT2D eigenvalue weighted by molar-refractivity contribution is 6.32. The summed E-state index contributed by atoms with van der Waals surface area (Å²) in [5.41, 5.74) is 4.06. The normalized spacial score (nSPS) is 24.3. The molecule has 0 radical (unpaired) electrons. The molecule has 3 atom stereocenters. The third-order valence-electron chi connectivity index (χ3n) is 5.23. The Bertz CT molecular complexity index is 636. The number of ketones is 1. The van der Waals surface area contributed by atoms with Crippen LogP contribution in [0, 0.1) is 11.8 Å². The number of aliphatic hydroxyl groups is 1. The zero-order chi connectivity index (χ0) is 20.6. The van der Waals surface area contributed by atoms with E-state index in [0.29, 0.717) is 6.42 Å². The van der Waals surface area contributed by atoms with Gasteiger partial charge in [-0.2, -0.15) is 0 Å². The minimum atomic E-state index is -0.851. The molecule has 0 aromatic carbocycles. The Morgan fingerprint density at radius 1 is 1.07 bits per heavy atom. The fourth-order valence-corrected chi connectivity index (χ4v) is 3.65. The van der Waals surface area contributed by atoms with Crippen LogP contribution in [0.5, 0.6) is 0 Å². The van der Waals surface area contributed by atoms with Gasteiger partial charge in [-0.05, 0) is 59.8 Å². The van der Waals surface area contributed by atoms with E-state index in [-0.39, 0.29) is 28.4 Å². The minimum absolute atomic E-state index is 0.0994. The van der Waals surface area contributed by atoms with Crippen LogP contribution in [0.15, 0.2) is 45.7 Å². The quantitative estimate of drug-likeness (QED) is 0.481. The fraction of sp³-hybridized carbons (Fsp3) is 0.609. The van der Waals surface area contributed by atoms with E-state index in [1.165, 1.54) is 23.8 Å². The molecule has 1 aliphatic carbocycles. The van der Waals surface area contributed by atoms with Gasteiger partial charge >= 0.3 is 0 Å². The number of Topliss-reactive ketones (excluding diaryl/α,β-unsaturated/α-hetero) is 1. The maximum absolute atomic E-state index is 12.3. The molecule has 0 spiro atoms. The molecule has 1 N–H and O–H groups in total. The van der Waals surface area contributed by atoms with E-state index in [1.807, 2.05) is 6.92 Å². The summed E-state index contributed by atoms with van der Waals surface area (Å²) in [5.74, 6) is -0.542. The lowest BCUT2D eigenvalue weighted by Crippen LogP contribution is -2.38. The Kier molecular flexibility index (Phi) is 10.1. The van der Waals surface area contributed by atoms with Gasteiger partial charge in [0.1, 0.15) is 0 Å². The average molecular weight is 395 g/mol. The maximum Gasteiger partial charge on any atom is 0.201 e. The van der Waals surface area contributed by atoms with Crippen molar-refractivity contribution < 1.29 is 14.6 Å². The van der Waals surface area contributed by atoms with Crippen LogP contribution in [0.2, 0.25) is 0 Å². The van der Waals surface area contributed by atoms with Gasteiger partial charge < -0.3 is 9.84 Å². The van der Waals surface area contributed by atoms with Crippen LogP contribution in [-0.2, 0) is 9.53 Å². The van der Waals surface area contributed by atoms with Crippen molar-refractivity contribution in [3.8, 4) is 0 Å². The molecule has 0 bridgehead atoms. The van der Waals surface area contributed by atoms with E-state index >= 15 is 0 Å². The molecular weight excluding hydrogens is 360 g/mol. The van der Waals surface area contributed by atoms with Crippen LogP contribution >= 0.6 is 11.6 Å². The first kappa shape index (κ1) is 23.7. The number of allylic oxidation sites excluding steroid dienone is 7. The number of aliphatic hydroxyl groups excluding tert-OH is 1. The van der Waals surface area contributed by atoms with Crippen LogP contribution in [-0.4, -0.2) is 24.1 Å². The second-order valence-corrected chi connectivity index (χ2v) is 8.25. The number of carbonyl (C=O) groups is 1. The van der Waals surface area contributed by atoms with Gasteiger partial charge in [0.05, 0.1) is 18.2 Å². The van der Waals surface area contributed by atoms with Gasteiger partial charge in [0, 0.05) is 11.8 Å². The van der Waals surface area contributed by atoms with Gasteiger partial charge in [-0.15, -0.1) is 0 Å². The van der Waals surface area contributed by atoms with E-state index in [1.54, 1.807) is 0 Å². The van der Waals surface area contributed by atoms with Gasteiger partial charge in [-0.25, -0.2) is 0 Å². The van der Waals surface area contributed by atoms with Crippen molar-refractivity contribution in [3.05, 3.63) is 45.7 Å². The third-order valence-corrected chi connectivity index (χ3v) is 5.62. The first-order valence-corrected chi connectivity index (χ1v) is 10.2. The van der Waals surface area contributed by atoms with Gasteiger partial charge in [-0.3, -0.25) is 4.79 Å². The molecule has 0 aromatic rings. The number of hydrogen-bond donors (Lipinski definition) is 1. The van der Waals surface area contributed by atoms with Crippen LogP contribution in [0.1, 0.15) is 66.7 Å². The highest BCUT2D eigenvalue weighted by Crippen LogP contribution is 2.36. The summed E-state index contributed by atoms with van der Waals surface area (Å²) in [5, 5.41) is 10.6. The molecule has 1 aliphatic rings. The second-order valence-electron chi connectivity index (χ2n) is 7.84. The van der Waals surface area contributed by atoms with Gasteiger partial charge in [0.2, 0.25) is 5.78 Å². The fourth-order valence-electron chi connectivity index (χ4n) is 3.32. The number of methoxy groups -OCH3 is 1. The third kappa shape index (κ3) is 7.31. The SMILES string of the molecule is COC1=C(Cl)C(O)C(CC=C(C)CCC=C(C)CCC=C(C)C)C(C)C1=O. The van der Waals surface area contributed by atoms with E-state index in [0.717, 1.165) is 25.7 Å². The minimum Gasteiger partial charge on any atom is -0.492 e. The molecular formula is C23H35ClO3. The molecule has 27 heavy (non-hydrogen) atoms. The van der Waals surface area contributed by atoms with Gasteiger partial charge in [0.15, 0.2) is 5.76 Å². The van der Waals surface area contributed by atoms with Crippen molar-refractivity contribution in [2.45, 2.75) is 72.8 Å². The van der Waals surface area contributed by atoms with Crippen molar-refractivity contribution in [3.63, 3.8) is 0 Å². The lowest BCUT2D eigenvalue weighted by Gasteiger charge is -2.32. The molecule has 1 rings (SSSR count). The molecule has 4 heteroatoms. The van der Waals surface area contributed by atoms with Crippen molar-refractivity contribution >= 4 is 17.4 Å². The van der Waals surface area contributed by atoms with Gasteiger partial charge in [-0.1, -0.05) is 53.5 Å². The Labute approximate surface area is 169 Å². The molecule has 0 aliphatic heterocycles. The van der Waals surface area contributed by atoms with E-state index in [9.17, 15) is 9.90 Å². The first-order valence-electron chi connectivity index (χ1n) is 9.79. The topological polar surface area (TPSA) is 46.5 Å². The van der Waals surface area contributed by atoms with Gasteiger partial charge in [0.25, 0.3) is 0 Å². The summed E-state index contributed by atoms with van der Waals surface area (Å²) >= 11 is 6.13. The Balaban J connectivity index is 2.58. The Morgan fingerprint density at radius 3 is 2.19 bits per heavy atom. The molecule has 0 fully saturated rings. The maximum atomic E-state index is 12.3. The number of rotatable bonds is 9. The lowest BCUT2D eigenvalue weighted by molar-refractivity contribution is -0.126. The Hall–Kier alpha value is -1.32. The molecule has 152 valence electrons. The van der Waals surface area contributed by atoms with Crippen LogP contribution in [0.3, 0.4) is 0 Å². The molecule has 0 saturated heterocycles. The lowest BCUT2D eigenvalue weighted by atomic mass is 9.78. The highest BCUT2D eigenvalue weighted by atomic mass is 35.5. The summed E-state index contributed by atoms with van der Waals surface area (Å²) in [6, 6.07) is 0. The second kappa shape index (κ2) is 11.5. The summed E-state index contributed by atoms with van der Waals surface area (Å²) < 4.78 is 5.06. The number of halogens is 1. The van der Waals surface area contributed by atoms with E-state index in [4.69, 9.17) is 16.3 Å². The smallest absolute Gasteiger partial charge is 0.201 e. The number of hydrogen-bond acceptors (Lipinski definition) is 3. The zero-order valence-corrected chi connectivity index (χ0v) is 18.4. The zero-order valence-electron chi connectivity index (χ0n) is 17.6. The number of ether oxygens (including phenoxy) is 1. The first-order chi connectivity index (χ1) is 12.7. The summed E-state index contributed by atoms with van der Waals surface area (Å²) in [4.78, 5) is 12.3. The van der Waals surface area contributed by atoms with Crippen LogP contribution < -0.4 is 0 Å². The van der Waals surface area contributed by atoms with E-state index in [2.05, 4.69) is 45.9 Å². The van der Waals surface area contributed by atoms with E-state index < -0.39 is 6.10 Å². The summed E-state index contributed by atoms with van der Waals surface area (Å²) in [6.07, 6.45) is 10.7. The monoisotopic (exact) mass is 394 g/mol. The largest absolute Gasteiger partial charge is 0.492 e. The molecule has 0 heterocycles. The van der Waals surface area contributed by atoms with Crippen molar-refractivity contribution in [2.75, 3.05) is 7.11 Å². The number of carbonyl (C=O) groups excluding carboxylic acids is 1. The van der Waals surface area contributed by atoms with Crippen molar-refractivity contribution in [1.82, 2.24) is 0 Å². The molecule has 3 unspecified atom stereocenters. The Morgan fingerprint density at radius 2 is 1.63 bits per heavy atom. The van der Waals surface area contributed by atoms with Crippen molar-refractivity contribution in [1.29, 1.82) is 0 Å². The standard InChI is InChI=1S/C23H35ClO3/c1-15(2)9-7-10-16(3)11-8-12-17(4)13-14-19-18(5)21(25)23(27-6)20(24)22(19)26/h9,11,13,18-19,22,26H,7-8,10,12,14H2,1-6H3. The predicted octanol–water partition coefficient (Wildman–Crippen LogP) is 6.09.